The molecule has 1 aliphatic heterocycles. The fourth-order valence-electron chi connectivity index (χ4n) is 5.17. The van der Waals surface area contributed by atoms with Gasteiger partial charge < -0.3 is 35.6 Å². The molecule has 0 radical (unpaired) electrons. The van der Waals surface area contributed by atoms with Crippen LogP contribution in [0.1, 0.15) is 71.6 Å². The number of benzene rings is 2. The number of para-hydroxylation sites is 1. The number of unbranched alkanes of at least 4 members (excludes halogenated alkanes) is 7. The lowest BCUT2D eigenvalue weighted by Crippen LogP contribution is -2.46. The predicted molar refractivity (Wildman–Crippen MR) is 191 cm³/mol. The largest absolute Gasteiger partial charge is 0.491 e. The number of carbonyl (C=O) groups excluding carboxylic acids is 1. The van der Waals surface area contributed by atoms with Crippen LogP contribution in [0.4, 0.5) is 11.4 Å². The van der Waals surface area contributed by atoms with Gasteiger partial charge in [0.1, 0.15) is 18.5 Å². The zero-order valence-electron chi connectivity index (χ0n) is 28.7. The molecule has 1 atom stereocenters. The number of hydrogen-bond donors (Lipinski definition) is 5. The first-order chi connectivity index (χ1) is 23.1. The van der Waals surface area contributed by atoms with E-state index in [4.69, 9.17) is 14.9 Å². The summed E-state index contributed by atoms with van der Waals surface area (Å²) < 4.78 is 5.63. The highest BCUT2D eigenvalue weighted by molar-refractivity contribution is 5.90. The molecule has 1 fully saturated rings. The third-order valence-corrected chi connectivity index (χ3v) is 7.83. The van der Waals surface area contributed by atoms with Gasteiger partial charge in [0.25, 0.3) is 0 Å². The molecule has 1 aliphatic rings. The highest BCUT2D eigenvalue weighted by Gasteiger charge is 2.16. The van der Waals surface area contributed by atoms with Crippen LogP contribution in [0.15, 0.2) is 66.7 Å². The number of nitrogens with zero attached hydrogens (tertiary/aromatic N) is 2. The van der Waals surface area contributed by atoms with Crippen LogP contribution in [0, 0.1) is 0 Å². The van der Waals surface area contributed by atoms with Gasteiger partial charge in [-0.25, -0.2) is 9.59 Å². The van der Waals surface area contributed by atoms with Crippen molar-refractivity contribution in [2.45, 2.75) is 83.8 Å². The van der Waals surface area contributed by atoms with Gasteiger partial charge in [0.05, 0.1) is 0 Å². The molecular formula is C37H56N4O7. The molecule has 1 heterocycles. The van der Waals surface area contributed by atoms with E-state index in [1.807, 2.05) is 38.1 Å². The molecule has 1 unspecified atom stereocenters. The first kappa shape index (κ1) is 40.2. The van der Waals surface area contributed by atoms with E-state index < -0.39 is 18.0 Å². The van der Waals surface area contributed by atoms with E-state index in [0.29, 0.717) is 36.9 Å². The Kier molecular flexibility index (Phi) is 20.3. The molecule has 0 spiro atoms. The summed E-state index contributed by atoms with van der Waals surface area (Å²) in [7, 11) is 0. The highest BCUT2D eigenvalue weighted by Crippen LogP contribution is 2.18. The molecule has 5 N–H and O–H groups in total. The molecule has 266 valence electrons. The Morgan fingerprint density at radius 1 is 0.792 bits per heavy atom. The summed E-state index contributed by atoms with van der Waals surface area (Å²) in [5.41, 5.74) is 2.13. The van der Waals surface area contributed by atoms with Crippen molar-refractivity contribution < 1.29 is 34.4 Å². The third kappa shape index (κ3) is 19.7. The number of anilines is 2. The van der Waals surface area contributed by atoms with E-state index in [0.717, 1.165) is 31.6 Å². The topological polar surface area (TPSA) is 152 Å². The Bertz CT molecular complexity index is 1180. The van der Waals surface area contributed by atoms with Crippen LogP contribution >= 0.6 is 0 Å². The molecule has 1 amide bonds. The molecule has 3 rings (SSSR count). The van der Waals surface area contributed by atoms with Gasteiger partial charge in [-0.2, -0.15) is 0 Å². The van der Waals surface area contributed by atoms with Crippen molar-refractivity contribution in [3.63, 3.8) is 0 Å². The first-order valence-electron chi connectivity index (χ1n) is 17.2. The number of carboxylic acid groups (broad SMARTS) is 2. The lowest BCUT2D eigenvalue weighted by atomic mass is 10.1. The number of hydrogen-bond acceptors (Lipinski definition) is 8. The second kappa shape index (κ2) is 24.2. The number of carboxylic acids is 2. The molecule has 1 saturated heterocycles. The minimum Gasteiger partial charge on any atom is -0.491 e. The van der Waals surface area contributed by atoms with E-state index in [1.54, 1.807) is 0 Å². The zero-order valence-corrected chi connectivity index (χ0v) is 28.7. The van der Waals surface area contributed by atoms with Crippen molar-refractivity contribution in [1.29, 1.82) is 0 Å². The van der Waals surface area contributed by atoms with Crippen LogP contribution in [0.3, 0.4) is 0 Å². The van der Waals surface area contributed by atoms with Crippen LogP contribution in [0.2, 0.25) is 0 Å². The van der Waals surface area contributed by atoms with E-state index in [9.17, 15) is 19.5 Å². The van der Waals surface area contributed by atoms with Crippen molar-refractivity contribution in [3.05, 3.63) is 66.7 Å². The molecule has 0 aliphatic carbocycles. The van der Waals surface area contributed by atoms with Crippen molar-refractivity contribution in [2.75, 3.05) is 56.1 Å². The smallest absolute Gasteiger partial charge is 0.328 e. The monoisotopic (exact) mass is 668 g/mol. The maximum atomic E-state index is 12.3. The van der Waals surface area contributed by atoms with E-state index in [-0.39, 0.29) is 12.5 Å². The van der Waals surface area contributed by atoms with Crippen LogP contribution in [-0.4, -0.2) is 96.1 Å². The van der Waals surface area contributed by atoms with Crippen LogP contribution < -0.4 is 20.3 Å². The van der Waals surface area contributed by atoms with Crippen molar-refractivity contribution in [1.82, 2.24) is 10.2 Å². The van der Waals surface area contributed by atoms with Crippen LogP contribution in [0.5, 0.6) is 5.75 Å². The molecule has 0 saturated carbocycles. The maximum Gasteiger partial charge on any atom is 0.328 e. The number of aliphatic hydroxyl groups is 1. The summed E-state index contributed by atoms with van der Waals surface area (Å²) in [6.07, 6.45) is 10.9. The van der Waals surface area contributed by atoms with Gasteiger partial charge >= 0.3 is 11.9 Å². The summed E-state index contributed by atoms with van der Waals surface area (Å²) in [6.45, 7) is 10.6. The third-order valence-electron chi connectivity index (χ3n) is 7.83. The summed E-state index contributed by atoms with van der Waals surface area (Å²) in [6, 6.07) is 18.4. The number of amides is 1. The second-order valence-electron chi connectivity index (χ2n) is 12.4. The lowest BCUT2D eigenvalue weighted by molar-refractivity contribution is -0.134. The quantitative estimate of drug-likeness (QED) is 0.0863. The fourth-order valence-corrected chi connectivity index (χ4v) is 5.17. The van der Waals surface area contributed by atoms with Gasteiger partial charge in [0.15, 0.2) is 0 Å². The molecule has 11 heteroatoms. The summed E-state index contributed by atoms with van der Waals surface area (Å²) >= 11 is 0. The number of aliphatic hydroxyl groups excluding tert-OH is 1. The Balaban J connectivity index is 0.000000886. The molecule has 2 aromatic carbocycles. The number of rotatable bonds is 21. The van der Waals surface area contributed by atoms with E-state index >= 15 is 0 Å². The van der Waals surface area contributed by atoms with Gasteiger partial charge in [0, 0.05) is 68.7 Å². The number of piperazine rings is 1. The van der Waals surface area contributed by atoms with E-state index in [1.165, 1.54) is 63.8 Å². The van der Waals surface area contributed by atoms with Crippen molar-refractivity contribution >= 4 is 29.2 Å². The Hall–Kier alpha value is -3.93. The normalized spacial score (nSPS) is 14.0. The van der Waals surface area contributed by atoms with E-state index in [2.05, 4.69) is 50.8 Å². The van der Waals surface area contributed by atoms with Crippen molar-refractivity contribution in [3.8, 4) is 5.75 Å². The molecule has 2 aromatic rings. The summed E-state index contributed by atoms with van der Waals surface area (Å²) in [5.74, 6) is -1.77. The minimum absolute atomic E-state index is 0.0634. The van der Waals surface area contributed by atoms with Gasteiger partial charge in [-0.15, -0.1) is 0 Å². The zero-order chi connectivity index (χ0) is 35.0. The highest BCUT2D eigenvalue weighted by atomic mass is 16.5. The van der Waals surface area contributed by atoms with Crippen molar-refractivity contribution in [2.24, 2.45) is 0 Å². The number of nitrogens with one attached hydrogen (secondary N) is 2. The standard InChI is InChI=1S/C33H52N4O3.C4H4O4/c1-28(2)34-26-31(38)27-40-32-19-17-29(18-20-32)35-33(39)16-12-7-5-3-4-6-8-13-21-36-22-24-37(25-23-36)30-14-10-9-11-15-30;5-3(6)1-2-4(7)8/h9-11,14-15,17-20,28,31,34,38H,3-8,12-13,16,21-27H2,1-2H3,(H,35,39);1-2H,(H,5,6)(H,7,8)/b;2-1-. The summed E-state index contributed by atoms with van der Waals surface area (Å²) in [4.78, 5) is 36.5. The molecule has 11 nitrogen and oxygen atoms in total. The summed E-state index contributed by atoms with van der Waals surface area (Å²) in [5, 5.41) is 31.7. The Morgan fingerprint density at radius 2 is 1.35 bits per heavy atom. The Morgan fingerprint density at radius 3 is 1.92 bits per heavy atom. The fraction of sp³-hybridized carbons (Fsp3) is 0.541. The predicted octanol–water partition coefficient (Wildman–Crippen LogP) is 5.41. The van der Waals surface area contributed by atoms with Crippen LogP contribution in [0.25, 0.3) is 0 Å². The average molecular weight is 669 g/mol. The molecular weight excluding hydrogens is 612 g/mol. The number of carbonyl (C=O) groups is 3. The van der Waals surface area contributed by atoms with Gasteiger partial charge in [-0.05, 0) is 55.8 Å². The van der Waals surface area contributed by atoms with Gasteiger partial charge in [0.2, 0.25) is 5.91 Å². The molecule has 0 aromatic heterocycles. The maximum absolute atomic E-state index is 12.3. The number of aliphatic carboxylic acids is 2. The average Bonchev–Trinajstić information content (AvgIpc) is 3.08. The Labute approximate surface area is 286 Å². The molecule has 48 heavy (non-hydrogen) atoms. The molecule has 0 bridgehead atoms. The minimum atomic E-state index is -1.26. The second-order valence-corrected chi connectivity index (χ2v) is 12.4. The lowest BCUT2D eigenvalue weighted by Gasteiger charge is -2.36. The first-order valence-corrected chi connectivity index (χ1v) is 17.2. The number of ether oxygens (including phenoxy) is 1. The van der Waals surface area contributed by atoms with Gasteiger partial charge in [-0.1, -0.05) is 70.6 Å². The van der Waals surface area contributed by atoms with Gasteiger partial charge in [-0.3, -0.25) is 9.69 Å². The van der Waals surface area contributed by atoms with Crippen LogP contribution in [-0.2, 0) is 14.4 Å². The SMILES string of the molecule is CC(C)NCC(O)COc1ccc(NC(=O)CCCCCCCCCCN2CCN(c3ccccc3)CC2)cc1.O=C(O)/C=C\C(=O)O.